The number of hydrogen-bond donors (Lipinski definition) is 0. The molecule has 5 nitrogen and oxygen atoms in total. The minimum Gasteiger partial charge on any atom is -0.484 e. The van der Waals surface area contributed by atoms with Crippen molar-refractivity contribution in [3.8, 4) is 5.75 Å². The average molecular weight is 373 g/mol. The van der Waals surface area contributed by atoms with E-state index >= 15 is 0 Å². The SMILES string of the molecule is Cc1ccccc1OCC(=O)N1CCN(C(=O)c2ccc(Cl)cc2)CC1. The van der Waals surface area contributed by atoms with Crippen molar-refractivity contribution in [1.82, 2.24) is 9.80 Å². The second-order valence-electron chi connectivity index (χ2n) is 6.23. The van der Waals surface area contributed by atoms with Gasteiger partial charge in [-0.3, -0.25) is 9.59 Å². The number of carbonyl (C=O) groups excluding carboxylic acids is 2. The molecule has 1 aliphatic rings. The van der Waals surface area contributed by atoms with Crippen LogP contribution in [-0.4, -0.2) is 54.4 Å². The number of halogens is 1. The van der Waals surface area contributed by atoms with Crippen LogP contribution in [-0.2, 0) is 4.79 Å². The Morgan fingerprint density at radius 3 is 2.23 bits per heavy atom. The highest BCUT2D eigenvalue weighted by atomic mass is 35.5. The Labute approximate surface area is 158 Å². The number of para-hydroxylation sites is 1. The second-order valence-corrected chi connectivity index (χ2v) is 6.67. The van der Waals surface area contributed by atoms with Gasteiger partial charge in [-0.25, -0.2) is 0 Å². The molecule has 0 aromatic heterocycles. The molecule has 0 unspecified atom stereocenters. The number of aryl methyl sites for hydroxylation is 1. The topological polar surface area (TPSA) is 49.9 Å². The Kier molecular flexibility index (Phi) is 5.78. The van der Waals surface area contributed by atoms with Crippen LogP contribution < -0.4 is 4.74 Å². The van der Waals surface area contributed by atoms with Crippen LogP contribution in [0.2, 0.25) is 5.02 Å². The molecule has 2 amide bonds. The van der Waals surface area contributed by atoms with E-state index in [0.717, 1.165) is 11.3 Å². The molecule has 1 fully saturated rings. The largest absolute Gasteiger partial charge is 0.484 e. The Hall–Kier alpha value is -2.53. The molecule has 0 bridgehead atoms. The first-order chi connectivity index (χ1) is 12.5. The van der Waals surface area contributed by atoms with Gasteiger partial charge in [0.25, 0.3) is 11.8 Å². The van der Waals surface area contributed by atoms with Gasteiger partial charge in [-0.2, -0.15) is 0 Å². The summed E-state index contributed by atoms with van der Waals surface area (Å²) in [7, 11) is 0. The molecular weight excluding hydrogens is 352 g/mol. The Morgan fingerprint density at radius 2 is 1.58 bits per heavy atom. The van der Waals surface area contributed by atoms with Gasteiger partial charge in [0.1, 0.15) is 5.75 Å². The summed E-state index contributed by atoms with van der Waals surface area (Å²) in [6, 6.07) is 14.5. The van der Waals surface area contributed by atoms with Gasteiger partial charge in [0.2, 0.25) is 0 Å². The van der Waals surface area contributed by atoms with Crippen LogP contribution in [0.3, 0.4) is 0 Å². The zero-order valence-corrected chi connectivity index (χ0v) is 15.4. The number of hydrogen-bond acceptors (Lipinski definition) is 3. The lowest BCUT2D eigenvalue weighted by Crippen LogP contribution is -2.51. The van der Waals surface area contributed by atoms with Crippen molar-refractivity contribution in [3.05, 3.63) is 64.7 Å². The van der Waals surface area contributed by atoms with Gasteiger partial charge < -0.3 is 14.5 Å². The summed E-state index contributed by atoms with van der Waals surface area (Å²) in [6.07, 6.45) is 0. The van der Waals surface area contributed by atoms with E-state index in [2.05, 4.69) is 0 Å². The Bertz CT molecular complexity index is 784. The number of amides is 2. The summed E-state index contributed by atoms with van der Waals surface area (Å²) in [5.41, 5.74) is 1.61. The van der Waals surface area contributed by atoms with E-state index < -0.39 is 0 Å². The molecule has 1 heterocycles. The summed E-state index contributed by atoms with van der Waals surface area (Å²) >= 11 is 5.86. The molecule has 136 valence electrons. The normalized spacial score (nSPS) is 14.2. The van der Waals surface area contributed by atoms with E-state index in [9.17, 15) is 9.59 Å². The fourth-order valence-corrected chi connectivity index (χ4v) is 3.01. The second kappa shape index (κ2) is 8.23. The molecule has 0 radical (unpaired) electrons. The van der Waals surface area contributed by atoms with Crippen LogP contribution in [0, 0.1) is 6.92 Å². The lowest BCUT2D eigenvalue weighted by Gasteiger charge is -2.34. The van der Waals surface area contributed by atoms with Crippen LogP contribution >= 0.6 is 11.6 Å². The van der Waals surface area contributed by atoms with Gasteiger partial charge >= 0.3 is 0 Å². The molecule has 1 saturated heterocycles. The van der Waals surface area contributed by atoms with Crippen LogP contribution in [0.5, 0.6) is 5.75 Å². The van der Waals surface area contributed by atoms with Crippen molar-refractivity contribution in [3.63, 3.8) is 0 Å². The Balaban J connectivity index is 1.50. The number of nitrogens with zero attached hydrogens (tertiary/aromatic N) is 2. The Morgan fingerprint density at radius 1 is 0.962 bits per heavy atom. The maximum absolute atomic E-state index is 12.5. The van der Waals surface area contributed by atoms with E-state index in [0.29, 0.717) is 36.8 Å². The van der Waals surface area contributed by atoms with Crippen LogP contribution in [0.4, 0.5) is 0 Å². The summed E-state index contributed by atoms with van der Waals surface area (Å²) < 4.78 is 5.62. The fraction of sp³-hybridized carbons (Fsp3) is 0.300. The number of carbonyl (C=O) groups is 2. The van der Waals surface area contributed by atoms with Crippen LogP contribution in [0.15, 0.2) is 48.5 Å². The summed E-state index contributed by atoms with van der Waals surface area (Å²) in [5.74, 6) is 0.620. The molecule has 0 aliphatic carbocycles. The van der Waals surface area contributed by atoms with E-state index in [-0.39, 0.29) is 18.4 Å². The fourth-order valence-electron chi connectivity index (χ4n) is 2.88. The lowest BCUT2D eigenvalue weighted by molar-refractivity contribution is -0.134. The van der Waals surface area contributed by atoms with Gasteiger partial charge in [-0.1, -0.05) is 29.8 Å². The predicted octanol–water partition coefficient (Wildman–Crippen LogP) is 3.01. The van der Waals surface area contributed by atoms with E-state index in [1.165, 1.54) is 0 Å². The summed E-state index contributed by atoms with van der Waals surface area (Å²) in [5, 5.41) is 0.602. The molecule has 26 heavy (non-hydrogen) atoms. The highest BCUT2D eigenvalue weighted by Crippen LogP contribution is 2.17. The molecule has 0 spiro atoms. The van der Waals surface area contributed by atoms with Gasteiger partial charge in [-0.15, -0.1) is 0 Å². The van der Waals surface area contributed by atoms with Gasteiger partial charge in [0.05, 0.1) is 0 Å². The summed E-state index contributed by atoms with van der Waals surface area (Å²) in [4.78, 5) is 28.3. The molecule has 0 atom stereocenters. The minimum absolute atomic E-state index is 0.00990. The zero-order valence-electron chi connectivity index (χ0n) is 14.7. The van der Waals surface area contributed by atoms with Crippen molar-refractivity contribution in [2.75, 3.05) is 32.8 Å². The van der Waals surface area contributed by atoms with Crippen molar-refractivity contribution in [2.45, 2.75) is 6.92 Å². The maximum atomic E-state index is 12.5. The monoisotopic (exact) mass is 372 g/mol. The number of ether oxygens (including phenoxy) is 1. The van der Waals surface area contributed by atoms with Crippen molar-refractivity contribution >= 4 is 23.4 Å². The first kappa shape index (κ1) is 18.3. The highest BCUT2D eigenvalue weighted by molar-refractivity contribution is 6.30. The molecule has 3 rings (SSSR count). The quantitative estimate of drug-likeness (QED) is 0.829. The van der Waals surface area contributed by atoms with Gasteiger partial charge in [0, 0.05) is 36.8 Å². The van der Waals surface area contributed by atoms with Crippen molar-refractivity contribution in [1.29, 1.82) is 0 Å². The maximum Gasteiger partial charge on any atom is 0.260 e. The molecule has 1 aliphatic heterocycles. The van der Waals surface area contributed by atoms with Crippen LogP contribution in [0.1, 0.15) is 15.9 Å². The van der Waals surface area contributed by atoms with Crippen molar-refractivity contribution < 1.29 is 14.3 Å². The van der Waals surface area contributed by atoms with Gasteiger partial charge in [-0.05, 0) is 42.8 Å². The molecule has 2 aromatic carbocycles. The molecule has 0 N–H and O–H groups in total. The third kappa shape index (κ3) is 4.35. The number of benzene rings is 2. The minimum atomic E-state index is -0.0631. The predicted molar refractivity (Wildman–Crippen MR) is 101 cm³/mol. The third-order valence-corrected chi connectivity index (χ3v) is 4.71. The summed E-state index contributed by atoms with van der Waals surface area (Å²) in [6.45, 7) is 4.00. The van der Waals surface area contributed by atoms with Crippen LogP contribution in [0.25, 0.3) is 0 Å². The average Bonchev–Trinajstić information content (AvgIpc) is 2.67. The van der Waals surface area contributed by atoms with E-state index in [1.54, 1.807) is 34.1 Å². The molecule has 6 heteroatoms. The first-order valence-corrected chi connectivity index (χ1v) is 8.93. The third-order valence-electron chi connectivity index (χ3n) is 4.46. The zero-order chi connectivity index (χ0) is 18.5. The van der Waals surface area contributed by atoms with E-state index in [4.69, 9.17) is 16.3 Å². The standard InChI is InChI=1S/C20H21ClN2O3/c1-15-4-2-3-5-18(15)26-14-19(24)22-10-12-23(13-11-22)20(25)16-6-8-17(21)9-7-16/h2-9H,10-14H2,1H3. The molecule has 2 aromatic rings. The highest BCUT2D eigenvalue weighted by Gasteiger charge is 2.25. The van der Waals surface area contributed by atoms with Gasteiger partial charge in [0.15, 0.2) is 6.61 Å². The molecular formula is C20H21ClN2O3. The first-order valence-electron chi connectivity index (χ1n) is 8.55. The lowest BCUT2D eigenvalue weighted by atomic mass is 10.2. The number of piperazine rings is 1. The van der Waals surface area contributed by atoms with E-state index in [1.807, 2.05) is 31.2 Å². The number of rotatable bonds is 4. The molecule has 0 saturated carbocycles. The smallest absolute Gasteiger partial charge is 0.260 e. The van der Waals surface area contributed by atoms with Crippen molar-refractivity contribution in [2.24, 2.45) is 0 Å².